The van der Waals surface area contributed by atoms with Crippen LogP contribution in [-0.2, 0) is 20.1 Å². The van der Waals surface area contributed by atoms with Crippen LogP contribution < -0.4 is 0 Å². The molecule has 1 radical (unpaired) electrons. The Morgan fingerprint density at radius 2 is 1.84 bits per heavy atom. The molecule has 0 amide bonds. The summed E-state index contributed by atoms with van der Waals surface area (Å²) in [6, 6.07) is 16.2. The Morgan fingerprint density at radius 3 is 2.58 bits per heavy atom. The third kappa shape index (κ3) is 1.88. The molecular formula is C15H6IrN3-. The van der Waals surface area contributed by atoms with E-state index < -0.39 is 0 Å². The van der Waals surface area contributed by atoms with Crippen molar-refractivity contribution in [3.05, 3.63) is 59.3 Å². The van der Waals surface area contributed by atoms with E-state index in [9.17, 15) is 0 Å². The van der Waals surface area contributed by atoms with E-state index in [4.69, 9.17) is 10.5 Å². The molecule has 4 heteroatoms. The molecule has 2 aromatic rings. The van der Waals surface area contributed by atoms with Crippen molar-refractivity contribution in [1.29, 1.82) is 10.5 Å². The molecule has 3 nitrogen and oxygen atoms in total. The maximum Gasteiger partial charge on any atom is 0.128 e. The number of aromatic nitrogens is 1. The average molecular weight is 420 g/mol. The minimum atomic E-state index is 0. The van der Waals surface area contributed by atoms with Gasteiger partial charge in [0.2, 0.25) is 0 Å². The summed E-state index contributed by atoms with van der Waals surface area (Å²) in [5.74, 6) is 0. The Labute approximate surface area is 124 Å². The summed E-state index contributed by atoms with van der Waals surface area (Å²) in [4.78, 5) is 4.32. The summed E-state index contributed by atoms with van der Waals surface area (Å²) in [6.45, 7) is 0. The van der Waals surface area contributed by atoms with Gasteiger partial charge >= 0.3 is 0 Å². The molecule has 1 heterocycles. The second-order valence-corrected chi connectivity index (χ2v) is 3.83. The number of nitriles is 2. The second kappa shape index (κ2) is 5.16. The summed E-state index contributed by atoms with van der Waals surface area (Å²) in [5, 5.41) is 18.2. The maximum atomic E-state index is 9.08. The van der Waals surface area contributed by atoms with Gasteiger partial charge < -0.3 is 4.98 Å². The normalized spacial score (nSPS) is 10.5. The van der Waals surface area contributed by atoms with Crippen molar-refractivity contribution in [3.8, 4) is 23.4 Å². The first-order valence-corrected chi connectivity index (χ1v) is 5.38. The SMILES string of the molecule is N#CC(C#N)=C1c2ccc[c-]c2-c2ncccc21.[Ir]. The Hall–Kier alpha value is -2.26. The minimum Gasteiger partial charge on any atom is -0.304 e. The van der Waals surface area contributed by atoms with Crippen molar-refractivity contribution in [2.45, 2.75) is 0 Å². The van der Waals surface area contributed by atoms with Gasteiger partial charge in [0.1, 0.15) is 17.7 Å². The van der Waals surface area contributed by atoms with Crippen LogP contribution >= 0.6 is 0 Å². The molecule has 0 atom stereocenters. The first-order valence-electron chi connectivity index (χ1n) is 5.38. The summed E-state index contributed by atoms with van der Waals surface area (Å²) in [7, 11) is 0. The molecule has 0 N–H and O–H groups in total. The first kappa shape index (κ1) is 13.2. The summed E-state index contributed by atoms with van der Waals surface area (Å²) in [6.07, 6.45) is 1.70. The third-order valence-electron chi connectivity index (χ3n) is 2.91. The molecule has 0 saturated heterocycles. The van der Waals surface area contributed by atoms with Gasteiger partial charge in [0.25, 0.3) is 0 Å². The molecular weight excluding hydrogens is 414 g/mol. The number of pyridine rings is 1. The number of allylic oxidation sites excluding steroid dienone is 1. The standard InChI is InChI=1S/C15H6N3.Ir/c16-8-10(9-17)14-11-4-1-2-5-12(11)15-13(14)6-3-7-18-15;/h1-4,6-7H;/q-1;. The van der Waals surface area contributed by atoms with Gasteiger partial charge in [0.05, 0.1) is 0 Å². The Balaban J connectivity index is 0.00000133. The Kier molecular flexibility index (Phi) is 3.58. The monoisotopic (exact) mass is 421 g/mol. The van der Waals surface area contributed by atoms with E-state index in [-0.39, 0.29) is 25.7 Å². The average Bonchev–Trinajstić information content (AvgIpc) is 2.76. The number of nitrogens with zero attached hydrogens (tertiary/aromatic N) is 3. The number of benzene rings is 1. The smallest absolute Gasteiger partial charge is 0.128 e. The van der Waals surface area contributed by atoms with Crippen LogP contribution in [0.2, 0.25) is 0 Å². The van der Waals surface area contributed by atoms with Crippen LogP contribution in [0.4, 0.5) is 0 Å². The fourth-order valence-corrected chi connectivity index (χ4v) is 2.20. The van der Waals surface area contributed by atoms with Crippen molar-refractivity contribution in [2.75, 3.05) is 0 Å². The minimum absolute atomic E-state index is 0. The molecule has 0 saturated carbocycles. The zero-order valence-electron chi connectivity index (χ0n) is 9.64. The molecule has 0 aliphatic heterocycles. The fraction of sp³-hybridized carbons (Fsp3) is 0. The van der Waals surface area contributed by atoms with Gasteiger partial charge in [0.15, 0.2) is 0 Å². The van der Waals surface area contributed by atoms with Crippen molar-refractivity contribution >= 4 is 5.57 Å². The van der Waals surface area contributed by atoms with Crippen LogP contribution in [0.3, 0.4) is 0 Å². The van der Waals surface area contributed by atoms with E-state index >= 15 is 0 Å². The Morgan fingerprint density at radius 1 is 1.11 bits per heavy atom. The number of hydrogen-bond acceptors (Lipinski definition) is 3. The molecule has 1 aromatic carbocycles. The molecule has 3 rings (SSSR count). The molecule has 0 fully saturated rings. The molecule has 0 bridgehead atoms. The summed E-state index contributed by atoms with van der Waals surface area (Å²) >= 11 is 0. The molecule has 91 valence electrons. The van der Waals surface area contributed by atoms with Gasteiger partial charge in [-0.05, 0) is 22.9 Å². The quantitative estimate of drug-likeness (QED) is 0.415. The van der Waals surface area contributed by atoms with Gasteiger partial charge in [-0.25, -0.2) is 0 Å². The number of fused-ring (bicyclic) bond motifs is 3. The van der Waals surface area contributed by atoms with E-state index in [2.05, 4.69) is 11.1 Å². The van der Waals surface area contributed by atoms with E-state index in [1.807, 2.05) is 30.3 Å². The summed E-state index contributed by atoms with van der Waals surface area (Å²) in [5.41, 5.74) is 4.09. The second-order valence-electron chi connectivity index (χ2n) is 3.83. The molecule has 19 heavy (non-hydrogen) atoms. The maximum absolute atomic E-state index is 9.08. The van der Waals surface area contributed by atoms with Crippen LogP contribution in [0, 0.1) is 28.7 Å². The van der Waals surface area contributed by atoms with Crippen molar-refractivity contribution in [2.24, 2.45) is 0 Å². The van der Waals surface area contributed by atoms with Crippen molar-refractivity contribution < 1.29 is 20.1 Å². The molecule has 0 unspecified atom stereocenters. The number of rotatable bonds is 0. The molecule has 1 aromatic heterocycles. The van der Waals surface area contributed by atoms with E-state index in [1.54, 1.807) is 18.3 Å². The van der Waals surface area contributed by atoms with Crippen molar-refractivity contribution in [3.63, 3.8) is 0 Å². The van der Waals surface area contributed by atoms with Gasteiger partial charge in [-0.1, -0.05) is 11.6 Å². The first-order chi connectivity index (χ1) is 8.86. The predicted molar refractivity (Wildman–Crippen MR) is 65.8 cm³/mol. The predicted octanol–water partition coefficient (Wildman–Crippen LogP) is 2.71. The van der Waals surface area contributed by atoms with Gasteiger partial charge in [-0.3, -0.25) is 0 Å². The zero-order chi connectivity index (χ0) is 12.5. The van der Waals surface area contributed by atoms with E-state index in [0.29, 0.717) is 5.57 Å². The topological polar surface area (TPSA) is 60.5 Å². The summed E-state index contributed by atoms with van der Waals surface area (Å²) < 4.78 is 0. The van der Waals surface area contributed by atoms with Crippen LogP contribution in [-0.4, -0.2) is 4.98 Å². The van der Waals surface area contributed by atoms with Crippen LogP contribution in [0.25, 0.3) is 16.8 Å². The van der Waals surface area contributed by atoms with Gasteiger partial charge in [-0.2, -0.15) is 10.5 Å². The molecule has 1 aliphatic carbocycles. The van der Waals surface area contributed by atoms with Gasteiger partial charge in [0, 0.05) is 26.3 Å². The van der Waals surface area contributed by atoms with Crippen molar-refractivity contribution in [1.82, 2.24) is 4.98 Å². The van der Waals surface area contributed by atoms with Crippen LogP contribution in [0.15, 0.2) is 42.1 Å². The third-order valence-corrected chi connectivity index (χ3v) is 2.91. The molecule has 1 aliphatic rings. The van der Waals surface area contributed by atoms with E-state index in [1.165, 1.54) is 0 Å². The largest absolute Gasteiger partial charge is 0.304 e. The molecule has 0 spiro atoms. The zero-order valence-corrected chi connectivity index (χ0v) is 12.0. The fourth-order valence-electron chi connectivity index (χ4n) is 2.20. The van der Waals surface area contributed by atoms with Gasteiger partial charge in [-0.15, -0.1) is 29.8 Å². The van der Waals surface area contributed by atoms with Crippen LogP contribution in [0.1, 0.15) is 11.1 Å². The van der Waals surface area contributed by atoms with E-state index in [0.717, 1.165) is 22.4 Å². The number of hydrogen-bond donors (Lipinski definition) is 0. The van der Waals surface area contributed by atoms with Crippen LogP contribution in [0.5, 0.6) is 0 Å². The Bertz CT molecular complexity index is 700.